The first kappa shape index (κ1) is 9.55. The lowest BCUT2D eigenvalue weighted by Crippen LogP contribution is -1.88. The molecule has 14 heavy (non-hydrogen) atoms. The molecule has 1 atom stereocenters. The topological polar surface area (TPSA) is 29.4 Å². The highest BCUT2D eigenvalue weighted by Gasteiger charge is 2.18. The van der Waals surface area contributed by atoms with E-state index in [1.165, 1.54) is 0 Å². The number of aliphatic imine (C=N–C) groups is 1. The summed E-state index contributed by atoms with van der Waals surface area (Å²) in [6.07, 6.45) is 2.60. The number of carbonyl (C=O) groups is 1. The van der Waals surface area contributed by atoms with Gasteiger partial charge < -0.3 is 0 Å². The Labute approximate surface area is 88.9 Å². The molecule has 1 aliphatic rings. The van der Waals surface area contributed by atoms with Crippen molar-refractivity contribution in [1.29, 1.82) is 0 Å². The largest absolute Gasteiger partial charge is 0.298 e. The number of benzene rings is 1. The van der Waals surface area contributed by atoms with E-state index in [0.29, 0.717) is 5.56 Å². The molecule has 1 unspecified atom stereocenters. The third kappa shape index (κ3) is 1.63. The van der Waals surface area contributed by atoms with Gasteiger partial charge in [-0.1, -0.05) is 12.1 Å². The van der Waals surface area contributed by atoms with Gasteiger partial charge in [-0.3, -0.25) is 9.79 Å². The van der Waals surface area contributed by atoms with Crippen LogP contribution >= 0.6 is 20.7 Å². The first-order chi connectivity index (χ1) is 6.74. The van der Waals surface area contributed by atoms with Gasteiger partial charge in [0.05, 0.1) is 5.55 Å². The minimum Gasteiger partial charge on any atom is -0.298 e. The minimum absolute atomic E-state index is 0.684. The van der Waals surface area contributed by atoms with Crippen molar-refractivity contribution in [2.45, 2.75) is 4.90 Å². The molecule has 0 saturated carbocycles. The van der Waals surface area contributed by atoms with Crippen molar-refractivity contribution in [2.75, 3.05) is 0 Å². The van der Waals surface area contributed by atoms with E-state index >= 15 is 0 Å². The second-order valence-electron chi connectivity index (χ2n) is 2.90. The van der Waals surface area contributed by atoms with E-state index in [2.05, 4.69) is 16.7 Å². The van der Waals surface area contributed by atoms with E-state index in [0.717, 1.165) is 11.2 Å². The standard InChI is InChI=1S/C10H9NOS2/c12-7-9-1-3-10(4-2-9)14(13)6-5-11-8-14/h1-8,13H. The Balaban J connectivity index is 2.38. The highest BCUT2D eigenvalue weighted by atomic mass is 33.1. The van der Waals surface area contributed by atoms with Gasteiger partial charge >= 0.3 is 0 Å². The van der Waals surface area contributed by atoms with Crippen molar-refractivity contribution < 1.29 is 4.79 Å². The average molecular weight is 223 g/mol. The fraction of sp³-hybridized carbons (Fsp3) is 0. The van der Waals surface area contributed by atoms with Gasteiger partial charge in [-0.15, -0.1) is 20.7 Å². The van der Waals surface area contributed by atoms with Crippen molar-refractivity contribution in [1.82, 2.24) is 0 Å². The van der Waals surface area contributed by atoms with Crippen LogP contribution in [-0.2, 0) is 0 Å². The molecular weight excluding hydrogens is 214 g/mol. The van der Waals surface area contributed by atoms with Crippen LogP contribution in [-0.4, -0.2) is 11.8 Å². The molecule has 0 bridgehead atoms. The summed E-state index contributed by atoms with van der Waals surface area (Å²) in [5.41, 5.74) is 2.54. The van der Waals surface area contributed by atoms with E-state index in [1.54, 1.807) is 18.3 Å². The summed E-state index contributed by atoms with van der Waals surface area (Å²) in [5.74, 6) is 0. The predicted octanol–water partition coefficient (Wildman–Crippen LogP) is 3.02. The van der Waals surface area contributed by atoms with Gasteiger partial charge in [0.15, 0.2) is 0 Å². The zero-order valence-electron chi connectivity index (χ0n) is 7.33. The fourth-order valence-corrected chi connectivity index (χ4v) is 3.32. The zero-order chi connectivity index (χ0) is 10.0. The number of hydrogen-bond donors (Lipinski definition) is 1. The summed E-state index contributed by atoms with van der Waals surface area (Å²) in [6, 6.07) is 7.45. The number of nitrogens with zero attached hydrogens (tertiary/aromatic N) is 1. The van der Waals surface area contributed by atoms with Gasteiger partial charge in [-0.25, -0.2) is 0 Å². The second-order valence-corrected chi connectivity index (χ2v) is 7.02. The molecule has 1 aromatic rings. The van der Waals surface area contributed by atoms with Crippen LogP contribution in [0.4, 0.5) is 0 Å². The zero-order valence-corrected chi connectivity index (χ0v) is 9.04. The van der Waals surface area contributed by atoms with Crippen LogP contribution in [0, 0.1) is 0 Å². The molecule has 0 saturated heterocycles. The molecule has 1 aromatic carbocycles. The summed E-state index contributed by atoms with van der Waals surface area (Å²) in [4.78, 5) is 15.6. The molecule has 0 N–H and O–H groups in total. The molecule has 0 aromatic heterocycles. The lowest BCUT2D eigenvalue weighted by Gasteiger charge is -2.23. The van der Waals surface area contributed by atoms with E-state index in [1.807, 2.05) is 23.1 Å². The van der Waals surface area contributed by atoms with Gasteiger partial charge in [-0.05, 0) is 17.5 Å². The number of thiol groups is 1. The Morgan fingerprint density at radius 1 is 1.29 bits per heavy atom. The Morgan fingerprint density at radius 2 is 2.00 bits per heavy atom. The Hall–Kier alpha value is -1.00. The van der Waals surface area contributed by atoms with E-state index < -0.39 is 9.06 Å². The molecule has 0 radical (unpaired) electrons. The summed E-state index contributed by atoms with van der Waals surface area (Å²) in [5, 5.41) is 1.99. The molecule has 2 nitrogen and oxygen atoms in total. The normalized spacial score (nSPS) is 28.6. The van der Waals surface area contributed by atoms with Gasteiger partial charge in [0.1, 0.15) is 6.29 Å². The lowest BCUT2D eigenvalue weighted by molar-refractivity contribution is 0.112. The Kier molecular flexibility index (Phi) is 2.48. The fourth-order valence-electron chi connectivity index (χ4n) is 1.19. The third-order valence-corrected chi connectivity index (χ3v) is 5.26. The van der Waals surface area contributed by atoms with Crippen LogP contribution in [0.3, 0.4) is 0 Å². The van der Waals surface area contributed by atoms with Gasteiger partial charge in [0.2, 0.25) is 0 Å². The monoisotopic (exact) mass is 223 g/mol. The van der Waals surface area contributed by atoms with E-state index in [-0.39, 0.29) is 0 Å². The minimum atomic E-state index is -1.30. The molecule has 1 aliphatic heterocycles. The molecule has 0 amide bonds. The van der Waals surface area contributed by atoms with Crippen LogP contribution in [0.5, 0.6) is 0 Å². The first-order valence-corrected chi connectivity index (χ1v) is 6.87. The molecule has 0 spiro atoms. The average Bonchev–Trinajstić information content (AvgIpc) is 2.67. The van der Waals surface area contributed by atoms with Gasteiger partial charge in [0.25, 0.3) is 0 Å². The number of carbonyl (C=O) groups excluding carboxylic acids is 1. The van der Waals surface area contributed by atoms with Crippen LogP contribution in [0.2, 0.25) is 0 Å². The molecule has 2 rings (SSSR count). The third-order valence-electron chi connectivity index (χ3n) is 1.97. The summed E-state index contributed by atoms with van der Waals surface area (Å²) >= 11 is 4.59. The maximum atomic E-state index is 10.5. The van der Waals surface area contributed by atoms with Crippen LogP contribution in [0.15, 0.2) is 45.8 Å². The maximum Gasteiger partial charge on any atom is 0.150 e. The smallest absolute Gasteiger partial charge is 0.150 e. The molecular formula is C10H9NOS2. The molecule has 0 aliphatic carbocycles. The van der Waals surface area contributed by atoms with Crippen molar-refractivity contribution >= 4 is 32.6 Å². The number of aldehydes is 1. The van der Waals surface area contributed by atoms with E-state index in [9.17, 15) is 4.79 Å². The second kappa shape index (κ2) is 3.63. The highest BCUT2D eigenvalue weighted by molar-refractivity contribution is 8.95. The summed E-state index contributed by atoms with van der Waals surface area (Å²) in [7, 11) is -1.30. The maximum absolute atomic E-state index is 10.5. The first-order valence-electron chi connectivity index (χ1n) is 4.05. The predicted molar refractivity (Wildman–Crippen MR) is 64.3 cm³/mol. The number of rotatable bonds is 2. The molecule has 1 heterocycles. The molecule has 72 valence electrons. The number of hydrogen-bond acceptors (Lipinski definition) is 3. The van der Waals surface area contributed by atoms with Crippen molar-refractivity contribution in [2.24, 2.45) is 4.99 Å². The highest BCUT2D eigenvalue weighted by Crippen LogP contribution is 2.60. The van der Waals surface area contributed by atoms with Crippen molar-refractivity contribution in [3.8, 4) is 0 Å². The SMILES string of the molecule is O=Cc1ccc(S2(S)C=CN=C2)cc1. The molecule has 4 heteroatoms. The summed E-state index contributed by atoms with van der Waals surface area (Å²) in [6.45, 7) is 0. The Morgan fingerprint density at radius 3 is 2.50 bits per heavy atom. The van der Waals surface area contributed by atoms with Crippen LogP contribution in [0.25, 0.3) is 0 Å². The van der Waals surface area contributed by atoms with Crippen LogP contribution in [0.1, 0.15) is 10.4 Å². The van der Waals surface area contributed by atoms with Crippen molar-refractivity contribution in [3.63, 3.8) is 0 Å². The van der Waals surface area contributed by atoms with Gasteiger partial charge in [0, 0.05) is 16.7 Å². The van der Waals surface area contributed by atoms with Gasteiger partial charge in [-0.2, -0.15) is 0 Å². The molecule has 0 fully saturated rings. The quantitative estimate of drug-likeness (QED) is 0.466. The van der Waals surface area contributed by atoms with Crippen molar-refractivity contribution in [3.05, 3.63) is 41.4 Å². The van der Waals surface area contributed by atoms with Crippen LogP contribution < -0.4 is 0 Å². The lowest BCUT2D eigenvalue weighted by atomic mass is 10.2. The van der Waals surface area contributed by atoms with E-state index in [4.69, 9.17) is 0 Å². The summed E-state index contributed by atoms with van der Waals surface area (Å²) < 4.78 is 0. The Bertz CT molecular complexity index is 397.